The Balaban J connectivity index is 2.60. The van der Waals surface area contributed by atoms with Gasteiger partial charge in [0.2, 0.25) is 4.80 Å². The van der Waals surface area contributed by atoms with Gasteiger partial charge in [-0.1, -0.05) is 11.3 Å². The molecule has 19 heavy (non-hydrogen) atoms. The van der Waals surface area contributed by atoms with E-state index in [9.17, 15) is 0 Å². The molecular formula is C14H19N3OS. The molecule has 0 saturated carbocycles. The van der Waals surface area contributed by atoms with Crippen LogP contribution in [-0.2, 0) is 6.54 Å². The van der Waals surface area contributed by atoms with Gasteiger partial charge < -0.3 is 9.30 Å². The third-order valence-corrected chi connectivity index (χ3v) is 3.65. The highest BCUT2D eigenvalue weighted by Gasteiger charge is 2.06. The highest BCUT2D eigenvalue weighted by Crippen LogP contribution is 2.23. The molecule has 1 aromatic carbocycles. The van der Waals surface area contributed by atoms with Gasteiger partial charge >= 0.3 is 0 Å². The monoisotopic (exact) mass is 277 g/mol. The molecule has 0 fully saturated rings. The Morgan fingerprint density at radius 1 is 1.32 bits per heavy atom. The van der Waals surface area contributed by atoms with E-state index in [0.29, 0.717) is 6.61 Å². The zero-order valence-electron chi connectivity index (χ0n) is 11.8. The molecule has 0 aliphatic heterocycles. The zero-order valence-corrected chi connectivity index (χ0v) is 12.6. The maximum Gasteiger partial charge on any atom is 0.211 e. The number of fused-ring (bicyclic) bond motifs is 1. The van der Waals surface area contributed by atoms with Crippen molar-refractivity contribution in [1.29, 1.82) is 0 Å². The lowest BCUT2D eigenvalue weighted by Crippen LogP contribution is -2.12. The van der Waals surface area contributed by atoms with Crippen molar-refractivity contribution < 1.29 is 4.74 Å². The van der Waals surface area contributed by atoms with Gasteiger partial charge in [0, 0.05) is 12.3 Å². The fourth-order valence-corrected chi connectivity index (χ4v) is 2.91. The largest absolute Gasteiger partial charge is 0.494 e. The average Bonchev–Trinajstić information content (AvgIpc) is 2.73. The first-order valence-electron chi connectivity index (χ1n) is 6.46. The van der Waals surface area contributed by atoms with Gasteiger partial charge in [0.15, 0.2) is 0 Å². The summed E-state index contributed by atoms with van der Waals surface area (Å²) in [5.41, 5.74) is 2.13. The fourth-order valence-electron chi connectivity index (χ4n) is 1.83. The smallest absolute Gasteiger partial charge is 0.211 e. The molecule has 0 atom stereocenters. The van der Waals surface area contributed by atoms with Crippen LogP contribution in [0.4, 0.5) is 0 Å². The summed E-state index contributed by atoms with van der Waals surface area (Å²) in [5, 5.41) is 8.48. The summed E-state index contributed by atoms with van der Waals surface area (Å²) in [5.74, 6) is 0.904. The number of aromatic nitrogens is 1. The van der Waals surface area contributed by atoms with Gasteiger partial charge in [-0.2, -0.15) is 5.10 Å². The molecule has 0 aliphatic rings. The third kappa shape index (κ3) is 3.04. The Kier molecular flexibility index (Phi) is 4.37. The molecule has 2 aromatic rings. The molecule has 102 valence electrons. The van der Waals surface area contributed by atoms with Crippen molar-refractivity contribution >= 4 is 27.3 Å². The van der Waals surface area contributed by atoms with Gasteiger partial charge in [0.1, 0.15) is 5.75 Å². The molecule has 1 heterocycles. The number of ether oxygens (including phenoxy) is 1. The fraction of sp³-hybridized carbons (Fsp3) is 0.429. The quantitative estimate of drug-likeness (QED) is 0.623. The summed E-state index contributed by atoms with van der Waals surface area (Å²) in [6.45, 7) is 9.56. The highest BCUT2D eigenvalue weighted by atomic mass is 32.1. The first kappa shape index (κ1) is 13.8. The predicted octanol–water partition coefficient (Wildman–Crippen LogP) is 3.42. The van der Waals surface area contributed by atoms with Crippen LogP contribution < -0.4 is 9.54 Å². The Morgan fingerprint density at radius 3 is 2.74 bits per heavy atom. The van der Waals surface area contributed by atoms with Crippen molar-refractivity contribution in [3.63, 3.8) is 0 Å². The Bertz CT molecular complexity index is 663. The van der Waals surface area contributed by atoms with E-state index in [1.807, 2.05) is 26.8 Å². The molecule has 4 nitrogen and oxygen atoms in total. The number of hydrogen-bond donors (Lipinski definition) is 0. The van der Waals surface area contributed by atoms with E-state index in [1.54, 1.807) is 11.3 Å². The standard InChI is InChI=1S/C14H19N3OS/c1-5-17-12-8-7-11(18-6-2)9-13(12)19-14(17)16-15-10(3)4/h7-9H,5-6H2,1-4H3. The number of rotatable bonds is 4. The lowest BCUT2D eigenvalue weighted by atomic mass is 10.3. The van der Waals surface area contributed by atoms with E-state index in [4.69, 9.17) is 4.74 Å². The summed E-state index contributed by atoms with van der Waals surface area (Å²) in [7, 11) is 0. The van der Waals surface area contributed by atoms with Crippen molar-refractivity contribution in [3.05, 3.63) is 23.0 Å². The Labute approximate surface area is 117 Å². The van der Waals surface area contributed by atoms with Crippen LogP contribution in [0.5, 0.6) is 5.75 Å². The van der Waals surface area contributed by atoms with Crippen molar-refractivity contribution in [2.75, 3.05) is 6.61 Å². The summed E-state index contributed by atoms with van der Waals surface area (Å²) in [6, 6.07) is 6.15. The number of nitrogens with zero attached hydrogens (tertiary/aromatic N) is 3. The van der Waals surface area contributed by atoms with Crippen LogP contribution in [0.2, 0.25) is 0 Å². The van der Waals surface area contributed by atoms with E-state index in [2.05, 4.69) is 33.8 Å². The minimum absolute atomic E-state index is 0.682. The third-order valence-electron chi connectivity index (χ3n) is 2.62. The van der Waals surface area contributed by atoms with E-state index >= 15 is 0 Å². The summed E-state index contributed by atoms with van der Waals surface area (Å²) >= 11 is 1.64. The van der Waals surface area contributed by atoms with Gasteiger partial charge in [0.25, 0.3) is 0 Å². The van der Waals surface area contributed by atoms with Crippen molar-refractivity contribution in [2.45, 2.75) is 34.2 Å². The van der Waals surface area contributed by atoms with Gasteiger partial charge in [-0.25, -0.2) is 0 Å². The second kappa shape index (κ2) is 6.02. The zero-order chi connectivity index (χ0) is 13.8. The molecule has 2 rings (SSSR count). The SMILES string of the molecule is CCOc1ccc2c(c1)sc(=NN=C(C)C)n2CC. The lowest BCUT2D eigenvalue weighted by molar-refractivity contribution is 0.341. The number of thiazole rings is 1. The molecule has 1 aromatic heterocycles. The lowest BCUT2D eigenvalue weighted by Gasteiger charge is -2.03. The van der Waals surface area contributed by atoms with Crippen molar-refractivity contribution in [3.8, 4) is 5.75 Å². The summed E-state index contributed by atoms with van der Waals surface area (Å²) in [4.78, 5) is 0.923. The van der Waals surface area contributed by atoms with Gasteiger partial charge in [-0.15, -0.1) is 5.10 Å². The Hall–Kier alpha value is -1.62. The number of hydrogen-bond acceptors (Lipinski definition) is 4. The van der Waals surface area contributed by atoms with E-state index in [-0.39, 0.29) is 0 Å². The highest BCUT2D eigenvalue weighted by molar-refractivity contribution is 7.16. The van der Waals surface area contributed by atoms with Crippen LogP contribution in [0.15, 0.2) is 28.4 Å². The molecule has 0 amide bonds. The molecular weight excluding hydrogens is 258 g/mol. The van der Waals surface area contributed by atoms with Crippen molar-refractivity contribution in [1.82, 2.24) is 4.57 Å². The van der Waals surface area contributed by atoms with Gasteiger partial charge in [0.05, 0.1) is 16.8 Å². The summed E-state index contributed by atoms with van der Waals surface area (Å²) in [6.07, 6.45) is 0. The number of aryl methyl sites for hydroxylation is 1. The topological polar surface area (TPSA) is 38.9 Å². The summed E-state index contributed by atoms with van der Waals surface area (Å²) < 4.78 is 8.88. The van der Waals surface area contributed by atoms with E-state index in [0.717, 1.165) is 22.8 Å². The van der Waals surface area contributed by atoms with Crippen LogP contribution in [-0.4, -0.2) is 16.9 Å². The average molecular weight is 277 g/mol. The second-order valence-electron chi connectivity index (χ2n) is 4.34. The Morgan fingerprint density at radius 2 is 2.11 bits per heavy atom. The molecule has 0 N–H and O–H groups in total. The van der Waals surface area contributed by atoms with Crippen LogP contribution in [0.25, 0.3) is 10.2 Å². The van der Waals surface area contributed by atoms with Crippen LogP contribution in [0.1, 0.15) is 27.7 Å². The molecule has 0 bridgehead atoms. The van der Waals surface area contributed by atoms with Crippen LogP contribution >= 0.6 is 11.3 Å². The molecule has 0 aliphatic carbocycles. The van der Waals surface area contributed by atoms with Crippen molar-refractivity contribution in [2.24, 2.45) is 10.2 Å². The molecule has 0 radical (unpaired) electrons. The minimum atomic E-state index is 0.682. The maximum absolute atomic E-state index is 5.53. The number of benzene rings is 1. The van der Waals surface area contributed by atoms with Crippen LogP contribution in [0.3, 0.4) is 0 Å². The predicted molar refractivity (Wildman–Crippen MR) is 81.0 cm³/mol. The van der Waals surface area contributed by atoms with E-state index in [1.165, 1.54) is 10.2 Å². The van der Waals surface area contributed by atoms with Gasteiger partial charge in [-0.3, -0.25) is 0 Å². The second-order valence-corrected chi connectivity index (χ2v) is 5.35. The maximum atomic E-state index is 5.53. The molecule has 0 saturated heterocycles. The first-order valence-corrected chi connectivity index (χ1v) is 7.28. The molecule has 0 spiro atoms. The molecule has 5 heteroatoms. The minimum Gasteiger partial charge on any atom is -0.494 e. The van der Waals surface area contributed by atoms with Crippen LogP contribution in [0, 0.1) is 0 Å². The molecule has 0 unspecified atom stereocenters. The van der Waals surface area contributed by atoms with Gasteiger partial charge in [-0.05, 0) is 45.9 Å². The van der Waals surface area contributed by atoms with E-state index < -0.39 is 0 Å². The normalized spacial score (nSPS) is 11.9. The first-order chi connectivity index (χ1) is 9.15.